The zero-order valence-corrected chi connectivity index (χ0v) is 16.6. The zero-order valence-electron chi connectivity index (χ0n) is 15.8. The molecule has 31 heavy (non-hydrogen) atoms. The SMILES string of the molecule is C=CCOC1O[C@H](CO)[C@H](O)[C@H](O[C@@H]2O[C@H](C(=O)O)[C@@H](O)[C@H](OS(=O)(=O)O)[C@H]2O)[C@H]1O. The molecular formula is C15H24O15S. The van der Waals surface area contributed by atoms with E-state index >= 15 is 0 Å². The summed E-state index contributed by atoms with van der Waals surface area (Å²) in [6.07, 6.45) is -17.7. The Bertz CT molecular complexity index is 728. The minimum atomic E-state index is -5.25. The summed E-state index contributed by atoms with van der Waals surface area (Å²) < 4.78 is 55.7. The molecule has 0 aromatic carbocycles. The summed E-state index contributed by atoms with van der Waals surface area (Å²) >= 11 is 0. The van der Waals surface area contributed by atoms with Crippen LogP contribution in [-0.4, -0.2) is 124 Å². The predicted octanol–water partition coefficient (Wildman–Crippen LogP) is -4.27. The minimum Gasteiger partial charge on any atom is -0.479 e. The van der Waals surface area contributed by atoms with Gasteiger partial charge in [-0.15, -0.1) is 6.58 Å². The highest BCUT2D eigenvalue weighted by Gasteiger charge is 2.54. The largest absolute Gasteiger partial charge is 0.479 e. The standard InChI is InChI=1S/C15H24O15S/c1-2-3-26-14-8(19)10(6(17)5(4-16)27-14)28-15-9(20)11(30-31(23,24)25)7(18)12(29-15)13(21)22/h2,5-12,14-20H,1,3-4H2,(H,21,22)(H,23,24,25)/t5-,6+,7+,8-,9-,10+,11+,12+,14?,15-/m1/s1. The molecule has 2 fully saturated rings. The summed E-state index contributed by atoms with van der Waals surface area (Å²) in [7, 11) is -5.25. The monoisotopic (exact) mass is 476 g/mol. The lowest BCUT2D eigenvalue weighted by Gasteiger charge is -2.45. The number of hydrogen-bond donors (Lipinski definition) is 7. The van der Waals surface area contributed by atoms with Crippen LogP contribution in [0.4, 0.5) is 0 Å². The molecule has 0 spiro atoms. The average Bonchev–Trinajstić information content (AvgIpc) is 2.68. The zero-order chi connectivity index (χ0) is 23.5. The van der Waals surface area contributed by atoms with Gasteiger partial charge in [0.1, 0.15) is 42.7 Å². The van der Waals surface area contributed by atoms with Crippen LogP contribution in [0.3, 0.4) is 0 Å². The van der Waals surface area contributed by atoms with Crippen molar-refractivity contribution in [3.05, 3.63) is 12.7 Å². The van der Waals surface area contributed by atoms with Crippen molar-refractivity contribution in [2.45, 2.75) is 61.4 Å². The quantitative estimate of drug-likeness (QED) is 0.123. The molecule has 2 saturated heterocycles. The maximum Gasteiger partial charge on any atom is 0.397 e. The van der Waals surface area contributed by atoms with Crippen molar-refractivity contribution in [1.82, 2.24) is 0 Å². The van der Waals surface area contributed by atoms with Gasteiger partial charge in [-0.1, -0.05) is 6.08 Å². The summed E-state index contributed by atoms with van der Waals surface area (Å²) in [4.78, 5) is 11.3. The molecule has 15 nitrogen and oxygen atoms in total. The van der Waals surface area contributed by atoms with Crippen LogP contribution in [0.2, 0.25) is 0 Å². The van der Waals surface area contributed by atoms with Gasteiger partial charge in [0.25, 0.3) is 0 Å². The number of carboxylic acid groups (broad SMARTS) is 1. The first-order chi connectivity index (χ1) is 14.4. The van der Waals surface area contributed by atoms with E-state index in [9.17, 15) is 43.9 Å². The van der Waals surface area contributed by atoms with Crippen molar-refractivity contribution >= 4 is 16.4 Å². The Balaban J connectivity index is 2.29. The number of carboxylic acids is 1. The topological polar surface area (TPSA) is 239 Å². The average molecular weight is 476 g/mol. The van der Waals surface area contributed by atoms with Crippen LogP contribution >= 0.6 is 0 Å². The molecule has 0 saturated carbocycles. The van der Waals surface area contributed by atoms with Gasteiger partial charge in [0.15, 0.2) is 18.7 Å². The molecular weight excluding hydrogens is 452 g/mol. The molecule has 1 unspecified atom stereocenters. The molecule has 180 valence electrons. The van der Waals surface area contributed by atoms with Gasteiger partial charge < -0.3 is 49.6 Å². The third-order valence-corrected chi connectivity index (χ3v) is 4.98. The first kappa shape index (κ1) is 26.0. The Morgan fingerprint density at radius 1 is 1.00 bits per heavy atom. The summed E-state index contributed by atoms with van der Waals surface area (Å²) in [5.41, 5.74) is 0. The van der Waals surface area contributed by atoms with Crippen molar-refractivity contribution in [2.24, 2.45) is 0 Å². The van der Waals surface area contributed by atoms with Gasteiger partial charge >= 0.3 is 16.4 Å². The van der Waals surface area contributed by atoms with Gasteiger partial charge in [0.2, 0.25) is 0 Å². The van der Waals surface area contributed by atoms with Crippen LogP contribution in [0.25, 0.3) is 0 Å². The van der Waals surface area contributed by atoms with E-state index in [2.05, 4.69) is 10.8 Å². The first-order valence-electron chi connectivity index (χ1n) is 8.81. The fraction of sp³-hybridized carbons (Fsp3) is 0.800. The first-order valence-corrected chi connectivity index (χ1v) is 10.2. The smallest absolute Gasteiger partial charge is 0.397 e. The van der Waals surface area contributed by atoms with Crippen LogP contribution < -0.4 is 0 Å². The van der Waals surface area contributed by atoms with Gasteiger partial charge in [-0.3, -0.25) is 4.55 Å². The lowest BCUT2D eigenvalue weighted by molar-refractivity contribution is -0.354. The van der Waals surface area contributed by atoms with Crippen molar-refractivity contribution in [1.29, 1.82) is 0 Å². The Labute approximate surface area is 175 Å². The molecule has 7 N–H and O–H groups in total. The van der Waals surface area contributed by atoms with Crippen molar-refractivity contribution in [3.8, 4) is 0 Å². The van der Waals surface area contributed by atoms with Crippen LogP contribution in [0.1, 0.15) is 0 Å². The van der Waals surface area contributed by atoms with E-state index in [0.29, 0.717) is 0 Å². The molecule has 0 amide bonds. The molecule has 0 aromatic heterocycles. The molecule has 10 atom stereocenters. The van der Waals surface area contributed by atoms with E-state index in [1.165, 1.54) is 6.08 Å². The molecule has 2 heterocycles. The number of aliphatic carboxylic acids is 1. The normalized spacial score (nSPS) is 41.6. The van der Waals surface area contributed by atoms with E-state index in [1.807, 2.05) is 0 Å². The fourth-order valence-corrected chi connectivity index (χ4v) is 3.58. The third kappa shape index (κ3) is 6.15. The Morgan fingerprint density at radius 2 is 1.61 bits per heavy atom. The van der Waals surface area contributed by atoms with Crippen LogP contribution in [-0.2, 0) is 38.3 Å². The second-order valence-electron chi connectivity index (χ2n) is 6.66. The van der Waals surface area contributed by atoms with Crippen molar-refractivity contribution < 1.29 is 71.5 Å². The second kappa shape index (κ2) is 10.6. The Morgan fingerprint density at radius 3 is 2.13 bits per heavy atom. The minimum absolute atomic E-state index is 0.108. The number of ether oxygens (including phenoxy) is 4. The summed E-state index contributed by atoms with van der Waals surface area (Å²) in [6.45, 7) is 2.55. The number of hydrogen-bond acceptors (Lipinski definition) is 13. The fourth-order valence-electron chi connectivity index (χ4n) is 3.08. The molecule has 0 radical (unpaired) electrons. The Hall–Kier alpha value is -1.28. The number of aliphatic hydroxyl groups is 5. The maximum atomic E-state index is 11.3. The van der Waals surface area contributed by atoms with E-state index in [1.54, 1.807) is 0 Å². The lowest BCUT2D eigenvalue weighted by atomic mass is 9.97. The lowest BCUT2D eigenvalue weighted by Crippen LogP contribution is -2.65. The van der Waals surface area contributed by atoms with Crippen LogP contribution in [0.5, 0.6) is 0 Å². The summed E-state index contributed by atoms with van der Waals surface area (Å²) in [5.74, 6) is -1.80. The molecule has 2 aliphatic rings. The van der Waals surface area contributed by atoms with E-state index in [4.69, 9.17) is 23.5 Å². The molecule has 2 rings (SSSR count). The van der Waals surface area contributed by atoms with Crippen LogP contribution in [0, 0.1) is 0 Å². The van der Waals surface area contributed by atoms with E-state index in [0.717, 1.165) is 0 Å². The van der Waals surface area contributed by atoms with Crippen molar-refractivity contribution in [2.75, 3.05) is 13.2 Å². The number of aliphatic hydroxyl groups excluding tert-OH is 5. The predicted molar refractivity (Wildman–Crippen MR) is 93.5 cm³/mol. The molecule has 0 bridgehead atoms. The summed E-state index contributed by atoms with van der Waals surface area (Å²) in [5, 5.41) is 59.6. The third-order valence-electron chi connectivity index (χ3n) is 4.51. The van der Waals surface area contributed by atoms with Crippen molar-refractivity contribution in [3.63, 3.8) is 0 Å². The van der Waals surface area contributed by atoms with Gasteiger partial charge in [0, 0.05) is 0 Å². The number of carbonyl (C=O) groups is 1. The highest BCUT2D eigenvalue weighted by Crippen LogP contribution is 2.31. The maximum absolute atomic E-state index is 11.3. The highest BCUT2D eigenvalue weighted by atomic mass is 32.3. The molecule has 0 aromatic rings. The molecule has 0 aliphatic carbocycles. The molecule has 2 aliphatic heterocycles. The van der Waals surface area contributed by atoms with E-state index < -0.39 is 84.4 Å². The summed E-state index contributed by atoms with van der Waals surface area (Å²) in [6, 6.07) is 0. The second-order valence-corrected chi connectivity index (χ2v) is 7.71. The van der Waals surface area contributed by atoms with Gasteiger partial charge in [-0.05, 0) is 0 Å². The van der Waals surface area contributed by atoms with Gasteiger partial charge in [-0.25, -0.2) is 8.98 Å². The van der Waals surface area contributed by atoms with Gasteiger partial charge in [0.05, 0.1) is 13.2 Å². The molecule has 16 heteroatoms. The van der Waals surface area contributed by atoms with Gasteiger partial charge in [-0.2, -0.15) is 8.42 Å². The Kier molecular flexibility index (Phi) is 8.85. The van der Waals surface area contributed by atoms with E-state index in [-0.39, 0.29) is 6.61 Å². The number of rotatable bonds is 9. The van der Waals surface area contributed by atoms with Crippen LogP contribution in [0.15, 0.2) is 12.7 Å². The highest BCUT2D eigenvalue weighted by molar-refractivity contribution is 7.80.